The summed E-state index contributed by atoms with van der Waals surface area (Å²) in [7, 11) is 0. The predicted octanol–water partition coefficient (Wildman–Crippen LogP) is 1.29. The van der Waals surface area contributed by atoms with Gasteiger partial charge in [0.1, 0.15) is 0 Å². The molecule has 2 saturated heterocycles. The number of piperazine rings is 1. The molecule has 3 rings (SSSR count). The van der Waals surface area contributed by atoms with E-state index in [0.717, 1.165) is 38.0 Å². The maximum Gasteiger partial charge on any atom is 0.0298 e. The van der Waals surface area contributed by atoms with Crippen LogP contribution in [0.25, 0.3) is 0 Å². The molecule has 0 radical (unpaired) electrons. The fourth-order valence-corrected chi connectivity index (χ4v) is 2.13. The van der Waals surface area contributed by atoms with E-state index >= 15 is 0 Å². The molecule has 3 nitrogen and oxygen atoms in total. The molecule has 1 aliphatic carbocycles. The normalized spacial score (nSPS) is 30.2. The highest BCUT2D eigenvalue weighted by Gasteiger charge is 2.40. The van der Waals surface area contributed by atoms with Gasteiger partial charge in [-0.25, -0.2) is 0 Å². The fraction of sp³-hybridized carbons (Fsp3) is 0.846. The highest BCUT2D eigenvalue weighted by atomic mass is 15.2. The second-order valence-corrected chi connectivity index (χ2v) is 4.38. The summed E-state index contributed by atoms with van der Waals surface area (Å²) in [5.74, 6) is 2.20. The van der Waals surface area contributed by atoms with Gasteiger partial charge in [-0.3, -0.25) is 0 Å². The maximum atomic E-state index is 3.68. The van der Waals surface area contributed by atoms with Crippen molar-refractivity contribution in [2.24, 2.45) is 11.8 Å². The smallest absolute Gasteiger partial charge is 0.0298 e. The SMILES string of the molecule is C1NC[C@H]2C[C@@H]12.C=CN1CCNCC1.CC. The van der Waals surface area contributed by atoms with E-state index in [0.29, 0.717) is 0 Å². The van der Waals surface area contributed by atoms with Crippen molar-refractivity contribution in [3.05, 3.63) is 12.8 Å². The minimum absolute atomic E-state index is 1.10. The minimum Gasteiger partial charge on any atom is -0.375 e. The summed E-state index contributed by atoms with van der Waals surface area (Å²) in [6.07, 6.45) is 3.42. The second-order valence-electron chi connectivity index (χ2n) is 4.38. The van der Waals surface area contributed by atoms with E-state index in [4.69, 9.17) is 0 Å². The standard InChI is InChI=1S/C6H12N2.C5H9N.C2H6/c1-2-8-5-3-7-4-6-8;1-4-2-6-3-5(1)4;1-2/h2,7H,1,3-6H2;4-6H,1-3H2;1-2H3/t;4-,5+;. The summed E-state index contributed by atoms with van der Waals surface area (Å²) in [6.45, 7) is 14.7. The molecule has 0 unspecified atom stereocenters. The third-order valence-corrected chi connectivity index (χ3v) is 3.29. The van der Waals surface area contributed by atoms with Crippen LogP contribution in [-0.4, -0.2) is 44.2 Å². The quantitative estimate of drug-likeness (QED) is 0.704. The van der Waals surface area contributed by atoms with Crippen LogP contribution in [0.15, 0.2) is 12.8 Å². The molecule has 94 valence electrons. The van der Waals surface area contributed by atoms with Crippen molar-refractivity contribution in [3.63, 3.8) is 0 Å². The Morgan fingerprint density at radius 1 is 1.06 bits per heavy atom. The van der Waals surface area contributed by atoms with Crippen molar-refractivity contribution in [2.75, 3.05) is 39.3 Å². The van der Waals surface area contributed by atoms with Crippen LogP contribution in [0.4, 0.5) is 0 Å². The summed E-state index contributed by atoms with van der Waals surface area (Å²) in [5.41, 5.74) is 0. The van der Waals surface area contributed by atoms with Crippen molar-refractivity contribution in [2.45, 2.75) is 20.3 Å². The van der Waals surface area contributed by atoms with Gasteiger partial charge in [0.25, 0.3) is 0 Å². The molecule has 2 N–H and O–H groups in total. The molecule has 0 spiro atoms. The second kappa shape index (κ2) is 7.69. The average Bonchev–Trinajstić information content (AvgIpc) is 3.00. The Bertz CT molecular complexity index is 180. The zero-order valence-corrected chi connectivity index (χ0v) is 10.8. The number of nitrogens with zero attached hydrogens (tertiary/aromatic N) is 1. The molecule has 3 heteroatoms. The molecular weight excluding hydrogens is 198 g/mol. The molecule has 2 heterocycles. The average molecular weight is 225 g/mol. The van der Waals surface area contributed by atoms with Crippen LogP contribution in [0.2, 0.25) is 0 Å². The van der Waals surface area contributed by atoms with Crippen LogP contribution >= 0.6 is 0 Å². The Kier molecular flexibility index (Phi) is 6.50. The summed E-state index contributed by atoms with van der Waals surface area (Å²) in [6, 6.07) is 0. The van der Waals surface area contributed by atoms with Crippen molar-refractivity contribution in [1.29, 1.82) is 0 Å². The van der Waals surface area contributed by atoms with Gasteiger partial charge in [-0.2, -0.15) is 0 Å². The van der Waals surface area contributed by atoms with E-state index < -0.39 is 0 Å². The lowest BCUT2D eigenvalue weighted by Crippen LogP contribution is -2.40. The summed E-state index contributed by atoms with van der Waals surface area (Å²) in [5, 5.41) is 6.58. The van der Waals surface area contributed by atoms with E-state index in [1.165, 1.54) is 19.5 Å². The molecule has 0 aromatic heterocycles. The third kappa shape index (κ3) is 4.54. The lowest BCUT2D eigenvalue weighted by atomic mass is 10.4. The van der Waals surface area contributed by atoms with Crippen molar-refractivity contribution in [3.8, 4) is 0 Å². The van der Waals surface area contributed by atoms with E-state index in [1.807, 2.05) is 20.0 Å². The van der Waals surface area contributed by atoms with Crippen molar-refractivity contribution >= 4 is 0 Å². The molecule has 0 bridgehead atoms. The van der Waals surface area contributed by atoms with Crippen molar-refractivity contribution in [1.82, 2.24) is 15.5 Å². The van der Waals surface area contributed by atoms with Crippen LogP contribution in [0, 0.1) is 11.8 Å². The number of hydrogen-bond acceptors (Lipinski definition) is 3. The van der Waals surface area contributed by atoms with Gasteiger partial charge in [0, 0.05) is 26.2 Å². The molecule has 3 fully saturated rings. The molecule has 1 saturated carbocycles. The van der Waals surface area contributed by atoms with Crippen molar-refractivity contribution < 1.29 is 0 Å². The number of nitrogens with one attached hydrogen (secondary N) is 2. The zero-order valence-electron chi connectivity index (χ0n) is 10.8. The first-order chi connectivity index (χ1) is 7.90. The van der Waals surface area contributed by atoms with Crippen LogP contribution < -0.4 is 10.6 Å². The van der Waals surface area contributed by atoms with Gasteiger partial charge in [0.15, 0.2) is 0 Å². The Morgan fingerprint density at radius 2 is 1.62 bits per heavy atom. The van der Waals surface area contributed by atoms with E-state index in [1.54, 1.807) is 0 Å². The first-order valence-electron chi connectivity index (χ1n) is 6.68. The minimum atomic E-state index is 1.10. The number of rotatable bonds is 1. The van der Waals surface area contributed by atoms with Crippen LogP contribution in [0.3, 0.4) is 0 Å². The highest BCUT2D eigenvalue weighted by Crippen LogP contribution is 2.40. The van der Waals surface area contributed by atoms with Crippen LogP contribution in [0.5, 0.6) is 0 Å². The molecule has 3 aliphatic rings. The Hall–Kier alpha value is -0.540. The van der Waals surface area contributed by atoms with Gasteiger partial charge in [0.2, 0.25) is 0 Å². The molecule has 0 amide bonds. The molecule has 2 aliphatic heterocycles. The monoisotopic (exact) mass is 225 g/mol. The first kappa shape index (κ1) is 13.5. The Morgan fingerprint density at radius 3 is 1.88 bits per heavy atom. The summed E-state index contributed by atoms with van der Waals surface area (Å²) >= 11 is 0. The third-order valence-electron chi connectivity index (χ3n) is 3.29. The van der Waals surface area contributed by atoms with Gasteiger partial charge < -0.3 is 15.5 Å². The Labute approximate surface area is 100 Å². The number of fused-ring (bicyclic) bond motifs is 1. The molecule has 0 aromatic rings. The van der Waals surface area contributed by atoms with Gasteiger partial charge in [-0.1, -0.05) is 20.4 Å². The predicted molar refractivity (Wildman–Crippen MR) is 70.5 cm³/mol. The topological polar surface area (TPSA) is 27.3 Å². The molecule has 16 heavy (non-hydrogen) atoms. The van der Waals surface area contributed by atoms with E-state index in [-0.39, 0.29) is 0 Å². The number of piperidine rings is 1. The maximum absolute atomic E-state index is 3.68. The fourth-order valence-electron chi connectivity index (χ4n) is 2.13. The van der Waals surface area contributed by atoms with Crippen LogP contribution in [-0.2, 0) is 0 Å². The first-order valence-corrected chi connectivity index (χ1v) is 6.68. The lowest BCUT2D eigenvalue weighted by Gasteiger charge is -2.24. The van der Waals surface area contributed by atoms with Gasteiger partial charge in [-0.05, 0) is 37.5 Å². The summed E-state index contributed by atoms with van der Waals surface area (Å²) < 4.78 is 0. The van der Waals surface area contributed by atoms with E-state index in [9.17, 15) is 0 Å². The lowest BCUT2D eigenvalue weighted by molar-refractivity contribution is 0.325. The van der Waals surface area contributed by atoms with Gasteiger partial charge >= 0.3 is 0 Å². The highest BCUT2D eigenvalue weighted by molar-refractivity contribution is 4.94. The van der Waals surface area contributed by atoms with Gasteiger partial charge in [-0.15, -0.1) is 0 Å². The largest absolute Gasteiger partial charge is 0.375 e. The Balaban J connectivity index is 0.000000142. The van der Waals surface area contributed by atoms with Gasteiger partial charge in [0.05, 0.1) is 0 Å². The summed E-state index contributed by atoms with van der Waals surface area (Å²) in [4.78, 5) is 2.22. The molecule has 2 atom stereocenters. The zero-order chi connectivity index (χ0) is 11.8. The van der Waals surface area contributed by atoms with Crippen LogP contribution in [0.1, 0.15) is 20.3 Å². The molecule has 0 aromatic carbocycles. The molecular formula is C13H27N3. The van der Waals surface area contributed by atoms with E-state index in [2.05, 4.69) is 22.1 Å². The number of hydrogen-bond donors (Lipinski definition) is 2.